The van der Waals surface area contributed by atoms with Gasteiger partial charge in [-0.15, -0.1) is 0 Å². The number of nitrogens with zero attached hydrogens (tertiary/aromatic N) is 2. The van der Waals surface area contributed by atoms with Crippen LogP contribution < -0.4 is 10.3 Å². The van der Waals surface area contributed by atoms with Gasteiger partial charge in [0.1, 0.15) is 10.8 Å². The molecule has 0 radical (unpaired) electrons. The first-order valence-corrected chi connectivity index (χ1v) is 8.51. The van der Waals surface area contributed by atoms with Gasteiger partial charge in [-0.05, 0) is 43.2 Å². The second kappa shape index (κ2) is 8.05. The Morgan fingerprint density at radius 1 is 1.15 bits per heavy atom. The SMILES string of the molecule is N#Cc1cc(Cl)cc(Oc2cc(CCc3ccccn3)[nH]c(=O)c2Cl)c1. The molecule has 1 aromatic carbocycles. The molecule has 1 N–H and O–H groups in total. The number of rotatable bonds is 5. The normalized spacial score (nSPS) is 10.3. The number of nitrogens with one attached hydrogen (secondary N) is 1. The summed E-state index contributed by atoms with van der Waals surface area (Å²) >= 11 is 12.0. The lowest BCUT2D eigenvalue weighted by Gasteiger charge is -2.10. The van der Waals surface area contributed by atoms with Gasteiger partial charge in [-0.1, -0.05) is 29.3 Å². The van der Waals surface area contributed by atoms with Crippen LogP contribution in [0, 0.1) is 11.3 Å². The maximum atomic E-state index is 12.1. The molecule has 2 aromatic heterocycles. The van der Waals surface area contributed by atoms with E-state index in [1.165, 1.54) is 12.1 Å². The lowest BCUT2D eigenvalue weighted by atomic mass is 10.1. The average Bonchev–Trinajstić information content (AvgIpc) is 2.64. The predicted octanol–water partition coefficient (Wildman–Crippen LogP) is 4.53. The molecule has 130 valence electrons. The molecule has 0 aliphatic heterocycles. The van der Waals surface area contributed by atoms with Crippen LogP contribution in [0.3, 0.4) is 0 Å². The molecule has 3 aromatic rings. The van der Waals surface area contributed by atoms with Gasteiger partial charge in [0.2, 0.25) is 0 Å². The summed E-state index contributed by atoms with van der Waals surface area (Å²) in [5.41, 5.74) is 1.49. The molecule has 0 unspecified atom stereocenters. The molecule has 7 heteroatoms. The molecule has 0 spiro atoms. The fourth-order valence-corrected chi connectivity index (χ4v) is 2.77. The highest BCUT2D eigenvalue weighted by Crippen LogP contribution is 2.30. The molecule has 2 heterocycles. The third-order valence-electron chi connectivity index (χ3n) is 3.60. The first kappa shape index (κ1) is 18.0. The smallest absolute Gasteiger partial charge is 0.270 e. The minimum Gasteiger partial charge on any atom is -0.455 e. The van der Waals surface area contributed by atoms with Crippen LogP contribution >= 0.6 is 23.2 Å². The molecule has 0 atom stereocenters. The van der Waals surface area contributed by atoms with Gasteiger partial charge in [0, 0.05) is 28.7 Å². The Bertz CT molecular complexity index is 1030. The summed E-state index contributed by atoms with van der Waals surface area (Å²) in [6.45, 7) is 0. The van der Waals surface area contributed by atoms with Crippen molar-refractivity contribution in [3.05, 3.63) is 86.0 Å². The van der Waals surface area contributed by atoms with Crippen molar-refractivity contribution in [3.8, 4) is 17.6 Å². The molecule has 0 bridgehead atoms. The van der Waals surface area contributed by atoms with Crippen LogP contribution in [0.2, 0.25) is 10.0 Å². The Morgan fingerprint density at radius 2 is 2.00 bits per heavy atom. The van der Waals surface area contributed by atoms with E-state index in [0.717, 1.165) is 5.69 Å². The third kappa shape index (κ3) is 4.42. The van der Waals surface area contributed by atoms with Gasteiger partial charge in [-0.3, -0.25) is 9.78 Å². The molecule has 0 fully saturated rings. The molecule has 3 rings (SSSR count). The number of hydrogen-bond acceptors (Lipinski definition) is 4. The number of aromatic nitrogens is 2. The largest absolute Gasteiger partial charge is 0.455 e. The van der Waals surface area contributed by atoms with Gasteiger partial charge in [-0.25, -0.2) is 0 Å². The maximum absolute atomic E-state index is 12.1. The number of aromatic amines is 1. The van der Waals surface area contributed by atoms with Gasteiger partial charge in [0.15, 0.2) is 5.75 Å². The monoisotopic (exact) mass is 385 g/mol. The number of benzene rings is 1. The maximum Gasteiger partial charge on any atom is 0.270 e. The predicted molar refractivity (Wildman–Crippen MR) is 100.0 cm³/mol. The van der Waals surface area contributed by atoms with Crippen LogP contribution in [0.4, 0.5) is 0 Å². The summed E-state index contributed by atoms with van der Waals surface area (Å²) in [4.78, 5) is 19.1. The summed E-state index contributed by atoms with van der Waals surface area (Å²) in [6, 6.07) is 13.9. The highest BCUT2D eigenvalue weighted by Gasteiger charge is 2.11. The van der Waals surface area contributed by atoms with Crippen LogP contribution in [-0.2, 0) is 12.8 Å². The summed E-state index contributed by atoms with van der Waals surface area (Å²) < 4.78 is 5.70. The zero-order valence-electron chi connectivity index (χ0n) is 13.5. The van der Waals surface area contributed by atoms with E-state index in [2.05, 4.69) is 9.97 Å². The Morgan fingerprint density at radius 3 is 2.73 bits per heavy atom. The van der Waals surface area contributed by atoms with Crippen molar-refractivity contribution >= 4 is 23.2 Å². The molecular formula is C19H13Cl2N3O2. The molecule has 5 nitrogen and oxygen atoms in total. The van der Waals surface area contributed by atoms with E-state index in [-0.39, 0.29) is 10.8 Å². The van der Waals surface area contributed by atoms with E-state index in [9.17, 15) is 4.79 Å². The van der Waals surface area contributed by atoms with Crippen molar-refractivity contribution in [3.63, 3.8) is 0 Å². The molecule has 0 saturated carbocycles. The van der Waals surface area contributed by atoms with E-state index in [1.807, 2.05) is 24.3 Å². The first-order valence-electron chi connectivity index (χ1n) is 7.75. The van der Waals surface area contributed by atoms with Crippen LogP contribution in [0.1, 0.15) is 17.0 Å². The van der Waals surface area contributed by atoms with Crippen molar-refractivity contribution in [1.29, 1.82) is 5.26 Å². The number of nitriles is 1. The number of H-pyrrole nitrogens is 1. The van der Waals surface area contributed by atoms with Crippen LogP contribution in [-0.4, -0.2) is 9.97 Å². The second-order valence-electron chi connectivity index (χ2n) is 5.51. The Hall–Kier alpha value is -2.81. The first-order chi connectivity index (χ1) is 12.5. The zero-order chi connectivity index (χ0) is 18.5. The van der Waals surface area contributed by atoms with Crippen molar-refractivity contribution < 1.29 is 4.74 Å². The standard InChI is InChI=1S/C19H13Cl2N3O2/c20-13-7-12(11-22)8-16(9-13)26-17-10-15(24-19(25)18(17)21)5-4-14-3-1-2-6-23-14/h1-3,6-10H,4-5H2,(H,24,25). The van der Waals surface area contributed by atoms with Crippen LogP contribution in [0.15, 0.2) is 53.5 Å². The summed E-state index contributed by atoms with van der Waals surface area (Å²) in [6.07, 6.45) is 2.95. The van der Waals surface area contributed by atoms with E-state index >= 15 is 0 Å². The molecule has 26 heavy (non-hydrogen) atoms. The van der Waals surface area contributed by atoms with E-state index in [1.54, 1.807) is 18.3 Å². The van der Waals surface area contributed by atoms with Crippen molar-refractivity contribution in [2.45, 2.75) is 12.8 Å². The number of pyridine rings is 2. The lowest BCUT2D eigenvalue weighted by Crippen LogP contribution is -2.11. The fourth-order valence-electron chi connectivity index (χ4n) is 2.40. The second-order valence-corrected chi connectivity index (χ2v) is 6.33. The summed E-state index contributed by atoms with van der Waals surface area (Å²) in [5.74, 6) is 0.537. The molecule has 0 aliphatic carbocycles. The minimum absolute atomic E-state index is 0.0648. The Balaban J connectivity index is 1.85. The van der Waals surface area contributed by atoms with Gasteiger partial charge in [-0.2, -0.15) is 5.26 Å². The highest BCUT2D eigenvalue weighted by atomic mass is 35.5. The van der Waals surface area contributed by atoms with E-state index < -0.39 is 5.56 Å². The number of hydrogen-bond donors (Lipinski definition) is 1. The third-order valence-corrected chi connectivity index (χ3v) is 4.18. The van der Waals surface area contributed by atoms with Crippen molar-refractivity contribution in [2.75, 3.05) is 0 Å². The Labute approximate surface area is 159 Å². The minimum atomic E-state index is -0.442. The van der Waals surface area contributed by atoms with Crippen LogP contribution in [0.25, 0.3) is 0 Å². The van der Waals surface area contributed by atoms with E-state index in [4.69, 9.17) is 33.2 Å². The van der Waals surface area contributed by atoms with Crippen molar-refractivity contribution in [2.24, 2.45) is 0 Å². The highest BCUT2D eigenvalue weighted by molar-refractivity contribution is 6.32. The average molecular weight is 386 g/mol. The van der Waals surface area contributed by atoms with Crippen LogP contribution in [0.5, 0.6) is 11.5 Å². The summed E-state index contributed by atoms with van der Waals surface area (Å²) in [7, 11) is 0. The number of halogens is 2. The topological polar surface area (TPSA) is 78.8 Å². The Kier molecular flexibility index (Phi) is 5.57. The molecule has 0 amide bonds. The molecular weight excluding hydrogens is 373 g/mol. The molecule has 0 saturated heterocycles. The zero-order valence-corrected chi connectivity index (χ0v) is 15.0. The van der Waals surface area contributed by atoms with E-state index in [0.29, 0.717) is 34.9 Å². The van der Waals surface area contributed by atoms with Gasteiger partial charge < -0.3 is 9.72 Å². The summed E-state index contributed by atoms with van der Waals surface area (Å²) in [5, 5.41) is 9.31. The quantitative estimate of drug-likeness (QED) is 0.699. The van der Waals surface area contributed by atoms with Crippen molar-refractivity contribution in [1.82, 2.24) is 9.97 Å². The van der Waals surface area contributed by atoms with Gasteiger partial charge in [0.25, 0.3) is 5.56 Å². The number of aryl methyl sites for hydroxylation is 2. The number of ether oxygens (including phenoxy) is 1. The fraction of sp³-hybridized carbons (Fsp3) is 0.105. The van der Waals surface area contributed by atoms with Gasteiger partial charge >= 0.3 is 0 Å². The van der Waals surface area contributed by atoms with Gasteiger partial charge in [0.05, 0.1) is 11.6 Å². The molecule has 0 aliphatic rings. The lowest BCUT2D eigenvalue weighted by molar-refractivity contribution is 0.480.